The van der Waals surface area contributed by atoms with E-state index in [-0.39, 0.29) is 12.5 Å². The monoisotopic (exact) mass is 392 g/mol. The summed E-state index contributed by atoms with van der Waals surface area (Å²) in [4.78, 5) is 11.8. The van der Waals surface area contributed by atoms with Crippen molar-refractivity contribution >= 4 is 28.1 Å². The van der Waals surface area contributed by atoms with E-state index < -0.39 is 0 Å². The van der Waals surface area contributed by atoms with Crippen molar-refractivity contribution < 1.29 is 19.0 Å². The molecular formula is C17H17BrN2O4. The van der Waals surface area contributed by atoms with Gasteiger partial charge < -0.3 is 14.2 Å². The Morgan fingerprint density at radius 1 is 1.12 bits per heavy atom. The highest BCUT2D eigenvalue weighted by atomic mass is 79.9. The fourth-order valence-electron chi connectivity index (χ4n) is 1.89. The highest BCUT2D eigenvalue weighted by Crippen LogP contribution is 2.25. The Morgan fingerprint density at radius 2 is 1.83 bits per heavy atom. The molecule has 0 aliphatic rings. The number of ether oxygens (including phenoxy) is 3. The van der Waals surface area contributed by atoms with Crippen LogP contribution in [-0.2, 0) is 4.79 Å². The van der Waals surface area contributed by atoms with Gasteiger partial charge in [0.1, 0.15) is 5.75 Å². The molecule has 6 nitrogen and oxygen atoms in total. The average Bonchev–Trinajstić information content (AvgIpc) is 2.60. The molecule has 2 rings (SSSR count). The van der Waals surface area contributed by atoms with Crippen molar-refractivity contribution in [1.82, 2.24) is 5.43 Å². The molecule has 126 valence electrons. The van der Waals surface area contributed by atoms with Gasteiger partial charge in [0.15, 0.2) is 18.1 Å². The SMILES string of the molecule is COc1ccc(Br)cc1/C=N\NC(=O)COc1ccccc1OC. The van der Waals surface area contributed by atoms with Gasteiger partial charge in [-0.1, -0.05) is 28.1 Å². The van der Waals surface area contributed by atoms with E-state index in [1.165, 1.54) is 13.3 Å². The third-order valence-corrected chi connectivity index (χ3v) is 3.51. The molecule has 0 saturated heterocycles. The molecule has 2 aromatic rings. The van der Waals surface area contributed by atoms with Crippen molar-refractivity contribution in [3.8, 4) is 17.2 Å². The smallest absolute Gasteiger partial charge is 0.277 e. The number of rotatable bonds is 7. The summed E-state index contributed by atoms with van der Waals surface area (Å²) in [5, 5.41) is 3.91. The van der Waals surface area contributed by atoms with Gasteiger partial charge in [0.05, 0.1) is 20.4 Å². The normalized spacial score (nSPS) is 10.5. The molecule has 0 aliphatic carbocycles. The van der Waals surface area contributed by atoms with Gasteiger partial charge in [0.25, 0.3) is 5.91 Å². The van der Waals surface area contributed by atoms with Gasteiger partial charge in [-0.05, 0) is 30.3 Å². The number of halogens is 1. The van der Waals surface area contributed by atoms with E-state index >= 15 is 0 Å². The van der Waals surface area contributed by atoms with E-state index in [9.17, 15) is 4.79 Å². The number of hydrazone groups is 1. The van der Waals surface area contributed by atoms with Crippen LogP contribution < -0.4 is 19.6 Å². The number of nitrogens with zero attached hydrogens (tertiary/aromatic N) is 1. The Bertz CT molecular complexity index is 734. The van der Waals surface area contributed by atoms with Crippen molar-refractivity contribution in [3.63, 3.8) is 0 Å². The second kappa shape index (κ2) is 8.93. The summed E-state index contributed by atoms with van der Waals surface area (Å²) in [6, 6.07) is 12.6. The summed E-state index contributed by atoms with van der Waals surface area (Å²) in [7, 11) is 3.11. The van der Waals surface area contributed by atoms with Gasteiger partial charge in [-0.15, -0.1) is 0 Å². The largest absolute Gasteiger partial charge is 0.496 e. The third kappa shape index (κ3) is 4.99. The predicted octanol–water partition coefficient (Wildman–Crippen LogP) is 3.00. The molecule has 1 N–H and O–H groups in total. The minimum Gasteiger partial charge on any atom is -0.496 e. The van der Waals surface area contributed by atoms with Crippen molar-refractivity contribution in [3.05, 3.63) is 52.5 Å². The molecule has 7 heteroatoms. The number of methoxy groups -OCH3 is 2. The van der Waals surface area contributed by atoms with E-state index in [1.807, 2.05) is 18.2 Å². The lowest BCUT2D eigenvalue weighted by Crippen LogP contribution is -2.24. The summed E-state index contributed by atoms with van der Waals surface area (Å²) >= 11 is 3.37. The Morgan fingerprint density at radius 3 is 2.54 bits per heavy atom. The first-order chi connectivity index (χ1) is 11.6. The molecule has 0 spiro atoms. The molecule has 1 amide bonds. The van der Waals surface area contributed by atoms with E-state index in [2.05, 4.69) is 26.5 Å². The number of hydrogen-bond donors (Lipinski definition) is 1. The molecule has 0 fully saturated rings. The summed E-state index contributed by atoms with van der Waals surface area (Å²) < 4.78 is 16.7. The molecule has 0 saturated carbocycles. The molecule has 0 atom stereocenters. The lowest BCUT2D eigenvalue weighted by molar-refractivity contribution is -0.123. The minimum absolute atomic E-state index is 0.173. The zero-order valence-corrected chi connectivity index (χ0v) is 14.9. The summed E-state index contributed by atoms with van der Waals surface area (Å²) in [5.41, 5.74) is 3.14. The first-order valence-electron chi connectivity index (χ1n) is 7.05. The fraction of sp³-hybridized carbons (Fsp3) is 0.176. The Hall–Kier alpha value is -2.54. The lowest BCUT2D eigenvalue weighted by atomic mass is 10.2. The number of para-hydroxylation sites is 2. The van der Waals surface area contributed by atoms with Crippen molar-refractivity contribution in [2.45, 2.75) is 0 Å². The molecule has 0 heterocycles. The quantitative estimate of drug-likeness (QED) is 0.580. The van der Waals surface area contributed by atoms with E-state index in [0.717, 1.165) is 10.0 Å². The highest BCUT2D eigenvalue weighted by Gasteiger charge is 2.06. The Labute approximate surface area is 148 Å². The maximum atomic E-state index is 11.8. The molecule has 0 bridgehead atoms. The number of carbonyl (C=O) groups excluding carboxylic acids is 1. The molecule has 0 radical (unpaired) electrons. The second-order valence-corrected chi connectivity index (χ2v) is 5.53. The maximum Gasteiger partial charge on any atom is 0.277 e. The van der Waals surface area contributed by atoms with Crippen molar-refractivity contribution in [2.24, 2.45) is 5.10 Å². The van der Waals surface area contributed by atoms with Crippen LogP contribution in [0.15, 0.2) is 52.0 Å². The van der Waals surface area contributed by atoms with Crippen LogP contribution in [0.5, 0.6) is 17.2 Å². The average molecular weight is 393 g/mol. The third-order valence-electron chi connectivity index (χ3n) is 3.01. The zero-order chi connectivity index (χ0) is 17.4. The predicted molar refractivity (Wildman–Crippen MR) is 94.9 cm³/mol. The number of hydrogen-bond acceptors (Lipinski definition) is 5. The number of benzene rings is 2. The van der Waals surface area contributed by atoms with Crippen LogP contribution in [0.4, 0.5) is 0 Å². The van der Waals surface area contributed by atoms with Crippen molar-refractivity contribution in [1.29, 1.82) is 0 Å². The Balaban J connectivity index is 1.90. The van der Waals surface area contributed by atoms with Gasteiger partial charge in [0, 0.05) is 10.0 Å². The molecular weight excluding hydrogens is 376 g/mol. The van der Waals surface area contributed by atoms with Crippen LogP contribution in [0.25, 0.3) is 0 Å². The highest BCUT2D eigenvalue weighted by molar-refractivity contribution is 9.10. The van der Waals surface area contributed by atoms with Crippen LogP contribution in [0.2, 0.25) is 0 Å². The standard InChI is InChI=1S/C17H17BrN2O4/c1-22-14-8-7-13(18)9-12(14)10-19-20-17(21)11-24-16-6-4-3-5-15(16)23-2/h3-10H,11H2,1-2H3,(H,20,21)/b19-10-. The summed E-state index contributed by atoms with van der Waals surface area (Å²) in [6.45, 7) is -0.173. The lowest BCUT2D eigenvalue weighted by Gasteiger charge is -2.09. The van der Waals surface area contributed by atoms with Crippen LogP contribution in [0.3, 0.4) is 0 Å². The number of amides is 1. The van der Waals surface area contributed by atoms with Gasteiger partial charge in [-0.2, -0.15) is 5.10 Å². The van der Waals surface area contributed by atoms with E-state index in [4.69, 9.17) is 14.2 Å². The van der Waals surface area contributed by atoms with Crippen LogP contribution >= 0.6 is 15.9 Å². The first-order valence-corrected chi connectivity index (χ1v) is 7.84. The Kier molecular flexibility index (Phi) is 6.62. The van der Waals surface area contributed by atoms with E-state index in [1.54, 1.807) is 31.4 Å². The van der Waals surface area contributed by atoms with E-state index in [0.29, 0.717) is 17.2 Å². The topological polar surface area (TPSA) is 69.2 Å². The second-order valence-electron chi connectivity index (χ2n) is 4.62. The molecule has 0 aromatic heterocycles. The number of nitrogens with one attached hydrogen (secondary N) is 1. The van der Waals surface area contributed by atoms with Gasteiger partial charge in [0.2, 0.25) is 0 Å². The van der Waals surface area contributed by atoms with Crippen LogP contribution in [0, 0.1) is 0 Å². The van der Waals surface area contributed by atoms with Gasteiger partial charge in [-0.3, -0.25) is 4.79 Å². The van der Waals surface area contributed by atoms with Crippen LogP contribution in [0.1, 0.15) is 5.56 Å². The first kappa shape index (κ1) is 17.8. The maximum absolute atomic E-state index is 11.8. The minimum atomic E-state index is -0.383. The van der Waals surface area contributed by atoms with Gasteiger partial charge in [-0.25, -0.2) is 5.43 Å². The van der Waals surface area contributed by atoms with Gasteiger partial charge >= 0.3 is 0 Å². The molecule has 24 heavy (non-hydrogen) atoms. The molecule has 0 aliphatic heterocycles. The fourth-order valence-corrected chi connectivity index (χ4v) is 2.27. The van der Waals surface area contributed by atoms with Crippen LogP contribution in [-0.4, -0.2) is 32.9 Å². The molecule has 2 aromatic carbocycles. The zero-order valence-electron chi connectivity index (χ0n) is 13.3. The molecule has 0 unspecified atom stereocenters. The van der Waals surface area contributed by atoms with Crippen molar-refractivity contribution in [2.75, 3.05) is 20.8 Å². The summed E-state index contributed by atoms with van der Waals surface area (Å²) in [6.07, 6.45) is 1.50. The number of carbonyl (C=O) groups is 1. The summed E-state index contributed by atoms with van der Waals surface area (Å²) in [5.74, 6) is 1.33.